The van der Waals surface area contributed by atoms with Crippen molar-refractivity contribution in [2.24, 2.45) is 5.92 Å². The Bertz CT molecular complexity index is 1250. The number of amides is 2. The highest BCUT2D eigenvalue weighted by Crippen LogP contribution is 2.31. The van der Waals surface area contributed by atoms with Crippen molar-refractivity contribution in [1.29, 1.82) is 0 Å². The number of ether oxygens (including phenoxy) is 1. The number of rotatable bonds is 5. The zero-order valence-corrected chi connectivity index (χ0v) is 21.4. The van der Waals surface area contributed by atoms with E-state index in [9.17, 15) is 19.1 Å². The van der Waals surface area contributed by atoms with Crippen LogP contribution in [-0.4, -0.2) is 65.6 Å². The molecule has 1 aliphatic rings. The van der Waals surface area contributed by atoms with E-state index >= 15 is 0 Å². The van der Waals surface area contributed by atoms with Gasteiger partial charge in [0.05, 0.1) is 25.4 Å². The van der Waals surface area contributed by atoms with Crippen LogP contribution < -0.4 is 0 Å². The third-order valence-electron chi connectivity index (χ3n) is 6.99. The molecule has 4 rings (SSSR count). The first-order chi connectivity index (χ1) is 17.8. The van der Waals surface area contributed by atoms with E-state index in [1.165, 1.54) is 24.3 Å². The Kier molecular flexibility index (Phi) is 8.36. The summed E-state index contributed by atoms with van der Waals surface area (Å²) in [5.74, 6) is -0.953. The molecular formula is C30H33FN2O4. The molecule has 0 aliphatic carbocycles. The van der Waals surface area contributed by atoms with Crippen LogP contribution in [0.3, 0.4) is 0 Å². The van der Waals surface area contributed by atoms with E-state index < -0.39 is 18.0 Å². The van der Waals surface area contributed by atoms with E-state index in [2.05, 4.69) is 0 Å². The van der Waals surface area contributed by atoms with Gasteiger partial charge < -0.3 is 19.6 Å². The number of fused-ring (bicyclic) bond motifs is 3. The number of halogens is 1. The molecule has 0 unspecified atom stereocenters. The Hall–Kier alpha value is -3.55. The van der Waals surface area contributed by atoms with E-state index in [1.54, 1.807) is 16.8 Å². The maximum atomic E-state index is 13.9. The van der Waals surface area contributed by atoms with Crippen LogP contribution in [0.25, 0.3) is 11.1 Å². The Labute approximate surface area is 217 Å². The lowest BCUT2D eigenvalue weighted by Crippen LogP contribution is -2.47. The quantitative estimate of drug-likeness (QED) is 0.551. The third-order valence-corrected chi connectivity index (χ3v) is 6.99. The van der Waals surface area contributed by atoms with Gasteiger partial charge in [-0.1, -0.05) is 49.4 Å². The summed E-state index contributed by atoms with van der Waals surface area (Å²) in [5.41, 5.74) is 3.63. The number of aliphatic hydroxyl groups is 1. The van der Waals surface area contributed by atoms with Gasteiger partial charge in [0.15, 0.2) is 0 Å². The minimum Gasteiger partial charge on any atom is -0.394 e. The Balaban J connectivity index is 1.69. The largest absolute Gasteiger partial charge is 0.394 e. The fourth-order valence-electron chi connectivity index (χ4n) is 4.72. The SMILES string of the molecule is C[C@H](CO)N1C[C@H](C)[C@H](CN(C)C(=O)c2ccc(F)cc2)OCc2ccccc2-c2ccccc2C1=O. The summed E-state index contributed by atoms with van der Waals surface area (Å²) < 4.78 is 19.8. The van der Waals surface area contributed by atoms with Crippen LogP contribution in [0.4, 0.5) is 4.39 Å². The molecule has 194 valence electrons. The zero-order valence-electron chi connectivity index (χ0n) is 21.4. The van der Waals surface area contributed by atoms with Crippen molar-refractivity contribution in [3.05, 3.63) is 95.3 Å². The summed E-state index contributed by atoms with van der Waals surface area (Å²) in [7, 11) is 1.69. The number of carbonyl (C=O) groups is 2. The smallest absolute Gasteiger partial charge is 0.254 e. The average Bonchev–Trinajstić information content (AvgIpc) is 2.94. The van der Waals surface area contributed by atoms with Gasteiger partial charge in [0.1, 0.15) is 5.82 Å². The van der Waals surface area contributed by atoms with Gasteiger partial charge in [-0.2, -0.15) is 0 Å². The molecule has 1 N–H and O–H groups in total. The van der Waals surface area contributed by atoms with Crippen molar-refractivity contribution in [3.63, 3.8) is 0 Å². The van der Waals surface area contributed by atoms with E-state index in [4.69, 9.17) is 4.74 Å². The Morgan fingerprint density at radius 2 is 1.68 bits per heavy atom. The lowest BCUT2D eigenvalue weighted by molar-refractivity contribution is -0.0209. The standard InChI is InChI=1S/C30H33FN2O4/c1-20-16-33(21(2)18-34)30(36)27-11-7-6-10-26(27)25-9-5-4-8-23(25)19-37-28(20)17-32(3)29(35)22-12-14-24(31)15-13-22/h4-15,20-21,28,34H,16-19H2,1-3H3/t20-,21+,28-/m0/s1. The second kappa shape index (κ2) is 11.7. The van der Waals surface area contributed by atoms with Gasteiger partial charge in [-0.15, -0.1) is 0 Å². The van der Waals surface area contributed by atoms with Crippen molar-refractivity contribution in [1.82, 2.24) is 9.80 Å². The van der Waals surface area contributed by atoms with Gasteiger partial charge in [0.25, 0.3) is 11.8 Å². The zero-order chi connectivity index (χ0) is 26.5. The first-order valence-electron chi connectivity index (χ1n) is 12.5. The second-order valence-corrected chi connectivity index (χ2v) is 9.71. The Morgan fingerprint density at radius 3 is 2.35 bits per heavy atom. The van der Waals surface area contributed by atoms with E-state index in [1.807, 2.05) is 62.4 Å². The molecule has 3 aromatic rings. The van der Waals surface area contributed by atoms with Crippen molar-refractivity contribution in [2.45, 2.75) is 32.6 Å². The van der Waals surface area contributed by atoms with Crippen LogP contribution in [-0.2, 0) is 11.3 Å². The highest BCUT2D eigenvalue weighted by Gasteiger charge is 2.31. The summed E-state index contributed by atoms with van der Waals surface area (Å²) >= 11 is 0. The molecule has 0 radical (unpaired) electrons. The van der Waals surface area contributed by atoms with Crippen LogP contribution in [0.15, 0.2) is 72.8 Å². The van der Waals surface area contributed by atoms with Gasteiger partial charge in [0.2, 0.25) is 0 Å². The Morgan fingerprint density at radius 1 is 1.05 bits per heavy atom. The van der Waals surface area contributed by atoms with E-state index in [0.717, 1.165) is 16.7 Å². The van der Waals surface area contributed by atoms with Crippen molar-refractivity contribution in [2.75, 3.05) is 26.7 Å². The summed E-state index contributed by atoms with van der Waals surface area (Å²) in [6.07, 6.45) is -0.398. The predicted octanol–water partition coefficient (Wildman–Crippen LogP) is 4.62. The minimum absolute atomic E-state index is 0.154. The number of carbonyl (C=O) groups excluding carboxylic acids is 2. The molecule has 0 spiro atoms. The lowest BCUT2D eigenvalue weighted by Gasteiger charge is -2.35. The summed E-state index contributed by atoms with van der Waals surface area (Å²) in [6.45, 7) is 4.56. The maximum Gasteiger partial charge on any atom is 0.254 e. The maximum absolute atomic E-state index is 13.9. The average molecular weight is 505 g/mol. The van der Waals surface area contributed by atoms with Crippen molar-refractivity contribution in [3.8, 4) is 11.1 Å². The van der Waals surface area contributed by atoms with E-state index in [0.29, 0.717) is 24.3 Å². The molecule has 6 nitrogen and oxygen atoms in total. The van der Waals surface area contributed by atoms with Crippen molar-refractivity contribution >= 4 is 11.8 Å². The number of nitrogens with zero attached hydrogens (tertiary/aromatic N) is 2. The number of likely N-dealkylation sites (N-methyl/N-ethyl adjacent to an activating group) is 1. The minimum atomic E-state index is -0.404. The molecule has 3 aromatic carbocycles. The highest BCUT2D eigenvalue weighted by atomic mass is 19.1. The first kappa shape index (κ1) is 26.5. The van der Waals surface area contributed by atoms with E-state index in [-0.39, 0.29) is 30.9 Å². The molecule has 1 heterocycles. The molecule has 37 heavy (non-hydrogen) atoms. The van der Waals surface area contributed by atoms with Crippen LogP contribution >= 0.6 is 0 Å². The molecule has 0 aromatic heterocycles. The highest BCUT2D eigenvalue weighted by molar-refractivity contribution is 6.01. The van der Waals surface area contributed by atoms with Gasteiger partial charge in [-0.05, 0) is 53.9 Å². The molecule has 3 atom stereocenters. The molecule has 0 saturated heterocycles. The number of hydrogen-bond acceptors (Lipinski definition) is 4. The first-order valence-corrected chi connectivity index (χ1v) is 12.5. The topological polar surface area (TPSA) is 70.1 Å². The number of hydrogen-bond donors (Lipinski definition) is 1. The lowest BCUT2D eigenvalue weighted by atomic mass is 9.94. The monoisotopic (exact) mass is 504 g/mol. The van der Waals surface area contributed by atoms with Crippen molar-refractivity contribution < 1.29 is 23.8 Å². The van der Waals surface area contributed by atoms with Gasteiger partial charge in [-0.25, -0.2) is 4.39 Å². The summed E-state index contributed by atoms with van der Waals surface area (Å²) in [4.78, 5) is 30.1. The predicted molar refractivity (Wildman–Crippen MR) is 141 cm³/mol. The number of aliphatic hydroxyl groups excluding tert-OH is 1. The number of benzene rings is 3. The van der Waals surface area contributed by atoms with Gasteiger partial charge in [-0.3, -0.25) is 9.59 Å². The molecule has 2 amide bonds. The van der Waals surface area contributed by atoms with Gasteiger partial charge >= 0.3 is 0 Å². The fraction of sp³-hybridized carbons (Fsp3) is 0.333. The normalized spacial score (nSPS) is 18.8. The van der Waals surface area contributed by atoms with Crippen LogP contribution in [0.5, 0.6) is 0 Å². The fourth-order valence-corrected chi connectivity index (χ4v) is 4.72. The molecule has 0 saturated carbocycles. The van der Waals surface area contributed by atoms with Crippen LogP contribution in [0, 0.1) is 11.7 Å². The van der Waals surface area contributed by atoms with Crippen LogP contribution in [0.2, 0.25) is 0 Å². The molecule has 1 aliphatic heterocycles. The van der Waals surface area contributed by atoms with Crippen LogP contribution in [0.1, 0.15) is 40.1 Å². The van der Waals surface area contributed by atoms with Gasteiger partial charge in [0, 0.05) is 37.2 Å². The molecule has 0 bridgehead atoms. The second-order valence-electron chi connectivity index (χ2n) is 9.71. The third kappa shape index (κ3) is 5.89. The summed E-state index contributed by atoms with van der Waals surface area (Å²) in [5, 5.41) is 9.97. The summed E-state index contributed by atoms with van der Waals surface area (Å²) in [6, 6.07) is 20.4. The molecule has 0 fully saturated rings. The molecule has 7 heteroatoms. The molecular weight excluding hydrogens is 471 g/mol.